The van der Waals surface area contributed by atoms with Gasteiger partial charge in [-0.05, 0) is 12.8 Å². The van der Waals surface area contributed by atoms with E-state index in [0.717, 1.165) is 6.54 Å². The second-order valence-corrected chi connectivity index (χ2v) is 5.64. The zero-order valence-electron chi connectivity index (χ0n) is 9.81. The van der Waals surface area contributed by atoms with Crippen LogP contribution in [0.2, 0.25) is 0 Å². The minimum atomic E-state index is 0.0144. The van der Waals surface area contributed by atoms with Gasteiger partial charge in [-0.15, -0.1) is 0 Å². The lowest BCUT2D eigenvalue weighted by Gasteiger charge is -2.31. The van der Waals surface area contributed by atoms with Crippen LogP contribution in [-0.2, 0) is 4.79 Å². The molecular formula is C12H22N2O. The predicted molar refractivity (Wildman–Crippen MR) is 60.6 cm³/mol. The van der Waals surface area contributed by atoms with Crippen LogP contribution in [0.4, 0.5) is 0 Å². The average molecular weight is 210 g/mol. The largest absolute Gasteiger partial charge is 0.354 e. The molecule has 1 heterocycles. The highest BCUT2D eigenvalue weighted by molar-refractivity contribution is 5.85. The Morgan fingerprint density at radius 3 is 2.47 bits per heavy atom. The van der Waals surface area contributed by atoms with E-state index in [1.807, 2.05) is 0 Å². The smallest absolute Gasteiger partial charge is 0.237 e. The van der Waals surface area contributed by atoms with E-state index in [4.69, 9.17) is 0 Å². The highest BCUT2D eigenvalue weighted by Crippen LogP contribution is 2.27. The van der Waals surface area contributed by atoms with E-state index in [9.17, 15) is 4.79 Å². The highest BCUT2D eigenvalue weighted by Gasteiger charge is 2.41. The number of rotatable bonds is 2. The first-order valence-electron chi connectivity index (χ1n) is 6.13. The molecule has 0 aromatic heterocycles. The summed E-state index contributed by atoms with van der Waals surface area (Å²) in [6.07, 6.45) is 6.46. The Labute approximate surface area is 92.0 Å². The molecule has 1 amide bonds. The van der Waals surface area contributed by atoms with Gasteiger partial charge in [-0.25, -0.2) is 0 Å². The molecule has 2 rings (SSSR count). The van der Waals surface area contributed by atoms with E-state index in [2.05, 4.69) is 24.5 Å². The molecule has 1 unspecified atom stereocenters. The summed E-state index contributed by atoms with van der Waals surface area (Å²) in [5.74, 6) is 0.186. The average Bonchev–Trinajstić information content (AvgIpc) is 2.47. The standard InChI is InChI=1S/C12H22N2O/c1-12(2)8-13-11(15)10(12)14-9-6-4-3-5-7-9/h9-10,14H,3-8H2,1-2H3,(H,13,15). The van der Waals surface area contributed by atoms with Crippen LogP contribution in [0.3, 0.4) is 0 Å². The molecule has 15 heavy (non-hydrogen) atoms. The Morgan fingerprint density at radius 2 is 1.93 bits per heavy atom. The summed E-state index contributed by atoms with van der Waals surface area (Å²) < 4.78 is 0. The number of hydrogen-bond acceptors (Lipinski definition) is 2. The molecule has 1 aliphatic carbocycles. The first-order valence-corrected chi connectivity index (χ1v) is 6.13. The van der Waals surface area contributed by atoms with Gasteiger partial charge in [-0.2, -0.15) is 0 Å². The number of nitrogens with one attached hydrogen (secondary N) is 2. The lowest BCUT2D eigenvalue weighted by molar-refractivity contribution is -0.121. The van der Waals surface area contributed by atoms with Crippen molar-refractivity contribution < 1.29 is 4.79 Å². The van der Waals surface area contributed by atoms with E-state index in [1.165, 1.54) is 32.1 Å². The minimum Gasteiger partial charge on any atom is -0.354 e. The molecule has 1 atom stereocenters. The Hall–Kier alpha value is -0.570. The van der Waals surface area contributed by atoms with E-state index >= 15 is 0 Å². The van der Waals surface area contributed by atoms with Crippen molar-refractivity contribution in [1.82, 2.24) is 10.6 Å². The fourth-order valence-electron chi connectivity index (χ4n) is 2.68. The normalized spacial score (nSPS) is 31.6. The summed E-state index contributed by atoms with van der Waals surface area (Å²) in [5.41, 5.74) is 0.0640. The predicted octanol–water partition coefficient (Wildman–Crippen LogP) is 1.43. The lowest BCUT2D eigenvalue weighted by Crippen LogP contribution is -2.49. The van der Waals surface area contributed by atoms with Crippen molar-refractivity contribution in [2.24, 2.45) is 5.41 Å². The van der Waals surface area contributed by atoms with E-state index < -0.39 is 0 Å². The molecule has 0 aromatic rings. The molecular weight excluding hydrogens is 188 g/mol. The van der Waals surface area contributed by atoms with Gasteiger partial charge in [0.2, 0.25) is 5.91 Å². The molecule has 1 saturated heterocycles. The topological polar surface area (TPSA) is 41.1 Å². The van der Waals surface area contributed by atoms with Gasteiger partial charge in [0.15, 0.2) is 0 Å². The van der Waals surface area contributed by atoms with Gasteiger partial charge in [0.25, 0.3) is 0 Å². The minimum absolute atomic E-state index is 0.0144. The van der Waals surface area contributed by atoms with Gasteiger partial charge >= 0.3 is 0 Å². The van der Waals surface area contributed by atoms with E-state index in [0.29, 0.717) is 6.04 Å². The van der Waals surface area contributed by atoms with Crippen LogP contribution in [0.5, 0.6) is 0 Å². The van der Waals surface area contributed by atoms with Gasteiger partial charge in [0, 0.05) is 18.0 Å². The third kappa shape index (κ3) is 2.33. The van der Waals surface area contributed by atoms with Gasteiger partial charge in [0.1, 0.15) is 0 Å². The fraction of sp³-hybridized carbons (Fsp3) is 0.917. The van der Waals surface area contributed by atoms with Crippen molar-refractivity contribution in [3.05, 3.63) is 0 Å². The maximum absolute atomic E-state index is 11.7. The monoisotopic (exact) mass is 210 g/mol. The van der Waals surface area contributed by atoms with Crippen LogP contribution in [0, 0.1) is 5.41 Å². The summed E-state index contributed by atoms with van der Waals surface area (Å²) in [5, 5.41) is 6.49. The molecule has 2 N–H and O–H groups in total. The van der Waals surface area contributed by atoms with Crippen LogP contribution < -0.4 is 10.6 Å². The third-order valence-corrected chi connectivity index (χ3v) is 3.77. The second-order valence-electron chi connectivity index (χ2n) is 5.64. The van der Waals surface area contributed by atoms with Crippen molar-refractivity contribution in [2.45, 2.75) is 58.0 Å². The zero-order chi connectivity index (χ0) is 10.9. The maximum atomic E-state index is 11.7. The number of carbonyl (C=O) groups is 1. The molecule has 0 radical (unpaired) electrons. The number of amides is 1. The van der Waals surface area contributed by atoms with Crippen molar-refractivity contribution in [3.63, 3.8) is 0 Å². The van der Waals surface area contributed by atoms with Crippen molar-refractivity contribution in [1.29, 1.82) is 0 Å². The van der Waals surface area contributed by atoms with Gasteiger partial charge < -0.3 is 10.6 Å². The first-order chi connectivity index (χ1) is 7.09. The molecule has 0 spiro atoms. The Balaban J connectivity index is 1.94. The molecule has 86 valence electrons. The highest BCUT2D eigenvalue weighted by atomic mass is 16.2. The molecule has 0 aromatic carbocycles. The molecule has 3 heteroatoms. The molecule has 1 saturated carbocycles. The third-order valence-electron chi connectivity index (χ3n) is 3.77. The lowest BCUT2D eigenvalue weighted by atomic mass is 9.85. The van der Waals surface area contributed by atoms with Gasteiger partial charge in [-0.1, -0.05) is 33.1 Å². The first kappa shape index (κ1) is 10.9. The quantitative estimate of drug-likeness (QED) is 0.724. The Kier molecular flexibility index (Phi) is 3.01. The van der Waals surface area contributed by atoms with Crippen molar-refractivity contribution >= 4 is 5.91 Å². The van der Waals surface area contributed by atoms with Crippen LogP contribution in [0.1, 0.15) is 46.0 Å². The van der Waals surface area contributed by atoms with Crippen LogP contribution in [0.25, 0.3) is 0 Å². The Morgan fingerprint density at radius 1 is 1.27 bits per heavy atom. The summed E-state index contributed by atoms with van der Waals surface area (Å²) in [7, 11) is 0. The van der Waals surface area contributed by atoms with Crippen LogP contribution in [-0.4, -0.2) is 24.5 Å². The zero-order valence-corrected chi connectivity index (χ0v) is 9.81. The number of hydrogen-bond donors (Lipinski definition) is 2. The van der Waals surface area contributed by atoms with E-state index in [-0.39, 0.29) is 17.4 Å². The molecule has 2 fully saturated rings. The molecule has 3 nitrogen and oxygen atoms in total. The summed E-state index contributed by atoms with van der Waals surface area (Å²) in [4.78, 5) is 11.7. The molecule has 2 aliphatic rings. The summed E-state index contributed by atoms with van der Waals surface area (Å²) in [6.45, 7) is 5.12. The SMILES string of the molecule is CC1(C)CNC(=O)C1NC1CCCCC1. The van der Waals surface area contributed by atoms with Gasteiger partial charge in [-0.3, -0.25) is 4.79 Å². The van der Waals surface area contributed by atoms with Crippen LogP contribution >= 0.6 is 0 Å². The van der Waals surface area contributed by atoms with Crippen molar-refractivity contribution in [3.8, 4) is 0 Å². The molecule has 0 bridgehead atoms. The Bertz CT molecular complexity index is 244. The number of carbonyl (C=O) groups excluding carboxylic acids is 1. The fourth-order valence-corrected chi connectivity index (χ4v) is 2.68. The van der Waals surface area contributed by atoms with Crippen molar-refractivity contribution in [2.75, 3.05) is 6.54 Å². The van der Waals surface area contributed by atoms with Crippen LogP contribution in [0.15, 0.2) is 0 Å². The summed E-state index contributed by atoms with van der Waals surface area (Å²) in [6, 6.07) is 0.576. The maximum Gasteiger partial charge on any atom is 0.237 e. The molecule has 1 aliphatic heterocycles. The van der Waals surface area contributed by atoms with E-state index in [1.54, 1.807) is 0 Å². The van der Waals surface area contributed by atoms with Gasteiger partial charge in [0.05, 0.1) is 6.04 Å². The second kappa shape index (κ2) is 4.12. The summed E-state index contributed by atoms with van der Waals surface area (Å²) >= 11 is 0.